The Morgan fingerprint density at radius 1 is 1.32 bits per heavy atom. The van der Waals surface area contributed by atoms with Crippen LogP contribution in [0.3, 0.4) is 0 Å². The fourth-order valence-corrected chi connectivity index (χ4v) is 3.85. The summed E-state index contributed by atoms with van der Waals surface area (Å²) < 4.78 is 7.95. The van der Waals surface area contributed by atoms with Gasteiger partial charge < -0.3 is 14.2 Å². The van der Waals surface area contributed by atoms with Crippen LogP contribution < -0.4 is 0 Å². The summed E-state index contributed by atoms with van der Waals surface area (Å²) in [4.78, 5) is 14.6. The highest BCUT2D eigenvalue weighted by molar-refractivity contribution is 5.80. The molecule has 0 bridgehead atoms. The highest BCUT2D eigenvalue weighted by atomic mass is 16.5. The van der Waals surface area contributed by atoms with Crippen LogP contribution in [0.4, 0.5) is 0 Å². The minimum atomic E-state index is -0.394. The van der Waals surface area contributed by atoms with Crippen molar-refractivity contribution in [1.29, 1.82) is 0 Å². The van der Waals surface area contributed by atoms with Gasteiger partial charge >= 0.3 is 0 Å². The molecule has 1 saturated heterocycles. The second-order valence-electron chi connectivity index (χ2n) is 7.15. The van der Waals surface area contributed by atoms with Crippen molar-refractivity contribution in [2.75, 3.05) is 19.7 Å². The molecule has 6 heteroatoms. The van der Waals surface area contributed by atoms with E-state index in [2.05, 4.69) is 21.3 Å². The van der Waals surface area contributed by atoms with Crippen LogP contribution in [0, 0.1) is 0 Å². The average Bonchev–Trinajstić information content (AvgIpc) is 2.90. The first kappa shape index (κ1) is 18.1. The van der Waals surface area contributed by atoms with Gasteiger partial charge in [0.2, 0.25) is 0 Å². The number of likely N-dealkylation sites (tertiary alicyclic amines) is 1. The van der Waals surface area contributed by atoms with Crippen LogP contribution in [-0.2, 0) is 22.5 Å². The van der Waals surface area contributed by atoms with Crippen molar-refractivity contribution < 1.29 is 9.53 Å². The SMILES string of the molecule is C=CCCOC(C)C(=O)N1CCCC(c2nnc3n2CCCCC3)C1. The fraction of sp³-hybridized carbons (Fsp3) is 0.737. The predicted octanol–water partition coefficient (Wildman–Crippen LogP) is 2.69. The lowest BCUT2D eigenvalue weighted by Crippen LogP contribution is -2.44. The third kappa shape index (κ3) is 4.29. The van der Waals surface area contributed by atoms with Crippen LogP contribution in [0.2, 0.25) is 0 Å². The minimum Gasteiger partial charge on any atom is -0.368 e. The number of rotatable bonds is 6. The smallest absolute Gasteiger partial charge is 0.251 e. The number of hydrogen-bond acceptors (Lipinski definition) is 4. The van der Waals surface area contributed by atoms with E-state index in [4.69, 9.17) is 4.74 Å². The molecule has 3 rings (SSSR count). The third-order valence-corrected chi connectivity index (χ3v) is 5.27. The summed E-state index contributed by atoms with van der Waals surface area (Å²) in [7, 11) is 0. The van der Waals surface area contributed by atoms with Crippen molar-refractivity contribution in [1.82, 2.24) is 19.7 Å². The largest absolute Gasteiger partial charge is 0.368 e. The zero-order chi connectivity index (χ0) is 17.6. The van der Waals surface area contributed by atoms with Crippen LogP contribution >= 0.6 is 0 Å². The maximum atomic E-state index is 12.7. The number of amides is 1. The summed E-state index contributed by atoms with van der Waals surface area (Å²) >= 11 is 0. The van der Waals surface area contributed by atoms with Crippen LogP contribution in [0.1, 0.15) is 63.0 Å². The van der Waals surface area contributed by atoms with E-state index < -0.39 is 6.10 Å². The van der Waals surface area contributed by atoms with Crippen LogP contribution in [0.15, 0.2) is 12.7 Å². The van der Waals surface area contributed by atoms with Gasteiger partial charge in [0.25, 0.3) is 5.91 Å². The Hall–Kier alpha value is -1.69. The first-order valence-electron chi connectivity index (χ1n) is 9.64. The van der Waals surface area contributed by atoms with Crippen molar-refractivity contribution in [2.45, 2.75) is 70.4 Å². The van der Waals surface area contributed by atoms with Crippen molar-refractivity contribution in [2.24, 2.45) is 0 Å². The van der Waals surface area contributed by atoms with Gasteiger partial charge in [0.1, 0.15) is 17.8 Å². The van der Waals surface area contributed by atoms with Gasteiger partial charge in [-0.1, -0.05) is 12.5 Å². The molecule has 6 nitrogen and oxygen atoms in total. The molecular formula is C19H30N4O2. The number of aryl methyl sites for hydroxylation is 1. The van der Waals surface area contributed by atoms with E-state index in [1.54, 1.807) is 0 Å². The molecule has 0 saturated carbocycles. The topological polar surface area (TPSA) is 60.2 Å². The lowest BCUT2D eigenvalue weighted by molar-refractivity contribution is -0.143. The lowest BCUT2D eigenvalue weighted by Gasteiger charge is -2.34. The number of ether oxygens (including phenoxy) is 1. The number of nitrogens with zero attached hydrogens (tertiary/aromatic N) is 4. The van der Waals surface area contributed by atoms with Crippen molar-refractivity contribution in [3.8, 4) is 0 Å². The quantitative estimate of drug-likeness (QED) is 0.587. The number of carbonyl (C=O) groups excluding carboxylic acids is 1. The summed E-state index contributed by atoms with van der Waals surface area (Å²) in [5.74, 6) is 2.58. The second kappa shape index (κ2) is 8.61. The molecule has 0 N–H and O–H groups in total. The Morgan fingerprint density at radius 3 is 3.04 bits per heavy atom. The van der Waals surface area contributed by atoms with Gasteiger partial charge in [-0.05, 0) is 39.0 Å². The maximum Gasteiger partial charge on any atom is 0.251 e. The zero-order valence-electron chi connectivity index (χ0n) is 15.3. The maximum absolute atomic E-state index is 12.7. The molecule has 0 radical (unpaired) electrons. The zero-order valence-corrected chi connectivity index (χ0v) is 15.3. The van der Waals surface area contributed by atoms with Gasteiger partial charge in [0.15, 0.2) is 0 Å². The Morgan fingerprint density at radius 2 is 2.20 bits per heavy atom. The van der Waals surface area contributed by atoms with Gasteiger partial charge in [0.05, 0.1) is 6.61 Å². The van der Waals surface area contributed by atoms with Gasteiger partial charge in [-0.15, -0.1) is 16.8 Å². The third-order valence-electron chi connectivity index (χ3n) is 5.27. The average molecular weight is 346 g/mol. The standard InChI is InChI=1S/C19H30N4O2/c1-3-4-13-25-15(2)19(24)22-11-8-9-16(14-22)18-21-20-17-10-6-5-7-12-23(17)18/h3,15-16H,1,4-14H2,2H3. The van der Waals surface area contributed by atoms with E-state index in [0.29, 0.717) is 6.61 Å². The van der Waals surface area contributed by atoms with Gasteiger partial charge in [-0.3, -0.25) is 4.79 Å². The first-order chi connectivity index (χ1) is 12.2. The minimum absolute atomic E-state index is 0.0874. The monoisotopic (exact) mass is 346 g/mol. The molecule has 2 atom stereocenters. The molecule has 1 aromatic heterocycles. The molecule has 2 unspecified atom stereocenters. The summed E-state index contributed by atoms with van der Waals surface area (Å²) in [6.45, 7) is 8.63. The number of fused-ring (bicyclic) bond motifs is 1. The highest BCUT2D eigenvalue weighted by Crippen LogP contribution is 2.28. The van der Waals surface area contributed by atoms with E-state index in [-0.39, 0.29) is 11.8 Å². The first-order valence-corrected chi connectivity index (χ1v) is 9.64. The second-order valence-corrected chi connectivity index (χ2v) is 7.15. The Labute approximate surface area is 150 Å². The van der Waals surface area contributed by atoms with Gasteiger partial charge in [-0.25, -0.2) is 0 Å². The molecule has 0 spiro atoms. The molecule has 1 aromatic rings. The van der Waals surface area contributed by atoms with Crippen LogP contribution in [0.5, 0.6) is 0 Å². The predicted molar refractivity (Wildman–Crippen MR) is 96.4 cm³/mol. The molecule has 3 heterocycles. The van der Waals surface area contributed by atoms with Crippen LogP contribution in [0.25, 0.3) is 0 Å². The van der Waals surface area contributed by atoms with Crippen molar-refractivity contribution in [3.05, 3.63) is 24.3 Å². The van der Waals surface area contributed by atoms with Crippen molar-refractivity contribution >= 4 is 5.91 Å². The molecule has 1 fully saturated rings. The number of carbonyl (C=O) groups is 1. The molecule has 138 valence electrons. The molecule has 25 heavy (non-hydrogen) atoms. The van der Waals surface area contributed by atoms with E-state index in [0.717, 1.165) is 57.0 Å². The molecule has 2 aliphatic heterocycles. The van der Waals surface area contributed by atoms with E-state index >= 15 is 0 Å². The molecule has 0 aliphatic carbocycles. The number of hydrogen-bond donors (Lipinski definition) is 0. The summed E-state index contributed by atoms with van der Waals surface area (Å²) in [6.07, 6.45) is 8.96. The van der Waals surface area contributed by atoms with Gasteiger partial charge in [-0.2, -0.15) is 0 Å². The summed E-state index contributed by atoms with van der Waals surface area (Å²) in [6, 6.07) is 0. The molecule has 2 aliphatic rings. The van der Waals surface area contributed by atoms with E-state index in [1.807, 2.05) is 17.9 Å². The van der Waals surface area contributed by atoms with E-state index in [9.17, 15) is 4.79 Å². The Balaban J connectivity index is 1.64. The summed E-state index contributed by atoms with van der Waals surface area (Å²) in [5.41, 5.74) is 0. The van der Waals surface area contributed by atoms with Gasteiger partial charge in [0, 0.05) is 32.0 Å². The number of aromatic nitrogens is 3. The van der Waals surface area contributed by atoms with Crippen molar-refractivity contribution in [3.63, 3.8) is 0 Å². The van der Waals surface area contributed by atoms with E-state index in [1.165, 1.54) is 19.3 Å². The number of piperidine rings is 1. The lowest BCUT2D eigenvalue weighted by atomic mass is 9.96. The van der Waals surface area contributed by atoms with Crippen LogP contribution in [-0.4, -0.2) is 51.4 Å². The fourth-order valence-electron chi connectivity index (χ4n) is 3.85. The molecular weight excluding hydrogens is 316 g/mol. The summed E-state index contributed by atoms with van der Waals surface area (Å²) in [5, 5.41) is 8.92. The Kier molecular flexibility index (Phi) is 6.24. The molecule has 0 aromatic carbocycles. The highest BCUT2D eigenvalue weighted by Gasteiger charge is 2.31. The molecule has 1 amide bonds. The normalized spacial score (nSPS) is 22.1. The Bertz CT molecular complexity index is 598.